The number of carbonyl (C=O) groups is 2. The number of carbonyl (C=O) groups excluding carboxylic acids is 1. The Balaban J connectivity index is 2.02. The number of aliphatic carboxylic acids is 1. The molecule has 0 spiro atoms. The van der Waals surface area contributed by atoms with E-state index in [0.29, 0.717) is 6.42 Å². The van der Waals surface area contributed by atoms with E-state index >= 15 is 0 Å². The van der Waals surface area contributed by atoms with Crippen molar-refractivity contribution in [3.8, 4) is 0 Å². The number of rotatable bonds is 8. The van der Waals surface area contributed by atoms with Crippen LogP contribution in [0.25, 0.3) is 0 Å². The molecule has 0 aliphatic carbocycles. The highest BCUT2D eigenvalue weighted by molar-refractivity contribution is 5.75. The van der Waals surface area contributed by atoms with Gasteiger partial charge in [-0.2, -0.15) is 0 Å². The summed E-state index contributed by atoms with van der Waals surface area (Å²) in [5.74, 6) is -2.67. The van der Waals surface area contributed by atoms with Crippen molar-refractivity contribution in [1.29, 1.82) is 0 Å². The molecule has 0 saturated heterocycles. The molecule has 0 radical (unpaired) electrons. The first-order valence-electron chi connectivity index (χ1n) is 8.48. The van der Waals surface area contributed by atoms with E-state index in [1.54, 1.807) is 0 Å². The summed E-state index contributed by atoms with van der Waals surface area (Å²) in [6.45, 7) is 1.45. The molecule has 3 N–H and O–H groups in total. The molecular formula is C19H21F2N3O3. The minimum absolute atomic E-state index is 0.110. The van der Waals surface area contributed by atoms with Gasteiger partial charge in [0.2, 0.25) is 0 Å². The third-order valence-electron chi connectivity index (χ3n) is 4.04. The van der Waals surface area contributed by atoms with Gasteiger partial charge in [0.15, 0.2) is 0 Å². The zero-order valence-electron chi connectivity index (χ0n) is 14.8. The zero-order valence-corrected chi connectivity index (χ0v) is 14.8. The quantitative estimate of drug-likeness (QED) is 0.659. The van der Waals surface area contributed by atoms with Crippen LogP contribution in [0.2, 0.25) is 0 Å². The van der Waals surface area contributed by atoms with Gasteiger partial charge in [0.25, 0.3) is 0 Å². The van der Waals surface area contributed by atoms with Gasteiger partial charge in [0.05, 0.1) is 18.4 Å². The number of nitrogens with zero attached hydrogens (tertiary/aromatic N) is 1. The standard InChI is InChI=1S/C19H21F2N3O3/c1-12(18-15(20)10-22-11-16(18)21)23-19(27)24-14(7-8-17(25)26)9-13-5-3-2-4-6-13/h2-6,10-12,14H,7-9H2,1H3,(H,25,26)(H2,23,24,27). The van der Waals surface area contributed by atoms with Crippen molar-refractivity contribution in [2.75, 3.05) is 0 Å². The predicted octanol–water partition coefficient (Wildman–Crippen LogP) is 3.20. The number of urea groups is 1. The first-order chi connectivity index (χ1) is 12.9. The van der Waals surface area contributed by atoms with Crippen molar-refractivity contribution >= 4 is 12.0 Å². The second-order valence-corrected chi connectivity index (χ2v) is 6.18. The summed E-state index contributed by atoms with van der Waals surface area (Å²) in [5, 5.41) is 14.1. The normalized spacial score (nSPS) is 12.9. The van der Waals surface area contributed by atoms with Crippen molar-refractivity contribution in [2.45, 2.75) is 38.3 Å². The summed E-state index contributed by atoms with van der Waals surface area (Å²) >= 11 is 0. The van der Waals surface area contributed by atoms with Gasteiger partial charge in [-0.25, -0.2) is 13.6 Å². The number of carboxylic acids is 1. The van der Waals surface area contributed by atoms with E-state index in [-0.39, 0.29) is 18.4 Å². The summed E-state index contributed by atoms with van der Waals surface area (Å²) in [7, 11) is 0. The fourth-order valence-electron chi connectivity index (χ4n) is 2.75. The molecule has 0 saturated carbocycles. The molecule has 1 heterocycles. The molecule has 2 unspecified atom stereocenters. The lowest BCUT2D eigenvalue weighted by atomic mass is 10.0. The number of hydrogen-bond acceptors (Lipinski definition) is 3. The highest BCUT2D eigenvalue weighted by Gasteiger charge is 2.20. The van der Waals surface area contributed by atoms with Crippen LogP contribution >= 0.6 is 0 Å². The Morgan fingerprint density at radius 1 is 1.11 bits per heavy atom. The van der Waals surface area contributed by atoms with Gasteiger partial charge in [-0.05, 0) is 25.3 Å². The van der Waals surface area contributed by atoms with Crippen molar-refractivity contribution < 1.29 is 23.5 Å². The Hall–Kier alpha value is -3.03. The molecule has 0 aliphatic heterocycles. The van der Waals surface area contributed by atoms with Crippen LogP contribution in [0.4, 0.5) is 13.6 Å². The monoisotopic (exact) mass is 377 g/mol. The Morgan fingerprint density at radius 2 is 1.74 bits per heavy atom. The van der Waals surface area contributed by atoms with Crippen molar-refractivity contribution in [3.63, 3.8) is 0 Å². The molecule has 1 aromatic carbocycles. The SMILES string of the molecule is CC(NC(=O)NC(CCC(=O)O)Cc1ccccc1)c1c(F)cncc1F. The molecule has 0 fully saturated rings. The fraction of sp³-hybridized carbons (Fsp3) is 0.316. The fourth-order valence-corrected chi connectivity index (χ4v) is 2.75. The lowest BCUT2D eigenvalue weighted by Gasteiger charge is -2.21. The largest absolute Gasteiger partial charge is 0.481 e. The van der Waals surface area contributed by atoms with Crippen LogP contribution in [0.15, 0.2) is 42.7 Å². The van der Waals surface area contributed by atoms with Gasteiger partial charge >= 0.3 is 12.0 Å². The van der Waals surface area contributed by atoms with Crippen molar-refractivity contribution in [3.05, 3.63) is 65.5 Å². The summed E-state index contributed by atoms with van der Waals surface area (Å²) in [5.41, 5.74) is 0.651. The van der Waals surface area contributed by atoms with Crippen LogP contribution < -0.4 is 10.6 Å². The maximum absolute atomic E-state index is 13.8. The van der Waals surface area contributed by atoms with E-state index in [9.17, 15) is 18.4 Å². The number of hydrogen-bond donors (Lipinski definition) is 3. The number of aromatic nitrogens is 1. The molecule has 0 bridgehead atoms. The number of halogens is 2. The van der Waals surface area contributed by atoms with Crippen LogP contribution in [-0.2, 0) is 11.2 Å². The van der Waals surface area contributed by atoms with E-state index in [1.807, 2.05) is 30.3 Å². The Kier molecular flexibility index (Phi) is 7.22. The third kappa shape index (κ3) is 6.32. The van der Waals surface area contributed by atoms with Crippen molar-refractivity contribution in [2.24, 2.45) is 0 Å². The maximum atomic E-state index is 13.8. The van der Waals surface area contributed by atoms with Gasteiger partial charge < -0.3 is 15.7 Å². The average Bonchev–Trinajstić information content (AvgIpc) is 2.60. The first kappa shape index (κ1) is 20.3. The topological polar surface area (TPSA) is 91.3 Å². The molecule has 2 aromatic rings. The minimum Gasteiger partial charge on any atom is -0.481 e. The summed E-state index contributed by atoms with van der Waals surface area (Å²) in [6, 6.07) is 7.30. The highest BCUT2D eigenvalue weighted by Crippen LogP contribution is 2.19. The van der Waals surface area contributed by atoms with E-state index in [0.717, 1.165) is 18.0 Å². The number of nitrogens with one attached hydrogen (secondary N) is 2. The van der Waals surface area contributed by atoms with Crippen LogP contribution in [0.1, 0.15) is 36.9 Å². The van der Waals surface area contributed by atoms with Gasteiger partial charge in [-0.1, -0.05) is 30.3 Å². The lowest BCUT2D eigenvalue weighted by molar-refractivity contribution is -0.137. The first-order valence-corrected chi connectivity index (χ1v) is 8.48. The van der Waals surface area contributed by atoms with E-state index in [2.05, 4.69) is 15.6 Å². The second-order valence-electron chi connectivity index (χ2n) is 6.18. The van der Waals surface area contributed by atoms with Crippen LogP contribution in [0.5, 0.6) is 0 Å². The Bertz CT molecular complexity index is 767. The molecule has 1 aromatic heterocycles. The van der Waals surface area contributed by atoms with Crippen LogP contribution in [-0.4, -0.2) is 28.1 Å². The van der Waals surface area contributed by atoms with Gasteiger partial charge in [-0.15, -0.1) is 0 Å². The molecule has 0 aliphatic rings. The molecule has 144 valence electrons. The number of amides is 2. The average molecular weight is 377 g/mol. The molecule has 2 rings (SSSR count). The number of benzene rings is 1. The molecule has 2 atom stereocenters. The second kappa shape index (κ2) is 9.61. The van der Waals surface area contributed by atoms with E-state index in [4.69, 9.17) is 5.11 Å². The summed E-state index contributed by atoms with van der Waals surface area (Å²) < 4.78 is 27.5. The highest BCUT2D eigenvalue weighted by atomic mass is 19.1. The predicted molar refractivity (Wildman–Crippen MR) is 95.0 cm³/mol. The zero-order chi connectivity index (χ0) is 19.8. The van der Waals surface area contributed by atoms with E-state index in [1.165, 1.54) is 6.92 Å². The van der Waals surface area contributed by atoms with Gasteiger partial charge in [0.1, 0.15) is 11.6 Å². The minimum atomic E-state index is -0.968. The number of carboxylic acid groups (broad SMARTS) is 1. The van der Waals surface area contributed by atoms with Crippen LogP contribution in [0, 0.1) is 11.6 Å². The maximum Gasteiger partial charge on any atom is 0.315 e. The molecule has 2 amide bonds. The van der Waals surface area contributed by atoms with Gasteiger partial charge in [-0.3, -0.25) is 9.78 Å². The molecule has 27 heavy (non-hydrogen) atoms. The van der Waals surface area contributed by atoms with E-state index < -0.39 is 35.7 Å². The smallest absolute Gasteiger partial charge is 0.315 e. The van der Waals surface area contributed by atoms with Crippen molar-refractivity contribution in [1.82, 2.24) is 15.6 Å². The third-order valence-corrected chi connectivity index (χ3v) is 4.04. The molecule has 6 nitrogen and oxygen atoms in total. The summed E-state index contributed by atoms with van der Waals surface area (Å²) in [6.07, 6.45) is 2.30. The number of pyridine rings is 1. The van der Waals surface area contributed by atoms with Gasteiger partial charge in [0, 0.05) is 18.0 Å². The lowest BCUT2D eigenvalue weighted by Crippen LogP contribution is -2.44. The summed E-state index contributed by atoms with van der Waals surface area (Å²) in [4.78, 5) is 26.5. The Morgan fingerprint density at radius 3 is 2.33 bits per heavy atom. The molecular weight excluding hydrogens is 356 g/mol. The Labute approximate surface area is 155 Å². The molecule has 8 heteroatoms. The van der Waals surface area contributed by atoms with Crippen LogP contribution in [0.3, 0.4) is 0 Å².